The second kappa shape index (κ2) is 9.44. The van der Waals surface area contributed by atoms with Gasteiger partial charge in [-0.3, -0.25) is 4.98 Å². The van der Waals surface area contributed by atoms with Crippen LogP contribution in [0.4, 0.5) is 0 Å². The fourth-order valence-electron chi connectivity index (χ4n) is 4.35. The van der Waals surface area contributed by atoms with E-state index in [1.807, 2.05) is 36.5 Å². The summed E-state index contributed by atoms with van der Waals surface area (Å²) in [6.07, 6.45) is 9.15. The molecule has 172 valence electrons. The lowest BCUT2D eigenvalue weighted by atomic mass is 10.00. The number of hydrogen-bond donors (Lipinski definition) is 2. The van der Waals surface area contributed by atoms with E-state index in [0.29, 0.717) is 6.61 Å². The zero-order valence-electron chi connectivity index (χ0n) is 19.1. The molecule has 0 bridgehead atoms. The van der Waals surface area contributed by atoms with Crippen LogP contribution < -0.4 is 10.1 Å². The summed E-state index contributed by atoms with van der Waals surface area (Å²) in [4.78, 5) is 12.2. The summed E-state index contributed by atoms with van der Waals surface area (Å²) < 4.78 is 11.7. The highest BCUT2D eigenvalue weighted by Gasteiger charge is 2.14. The van der Waals surface area contributed by atoms with Crippen molar-refractivity contribution in [3.05, 3.63) is 103 Å². The van der Waals surface area contributed by atoms with Gasteiger partial charge < -0.3 is 19.5 Å². The summed E-state index contributed by atoms with van der Waals surface area (Å²) in [5.41, 5.74) is 5.20. The van der Waals surface area contributed by atoms with Crippen molar-refractivity contribution in [2.24, 2.45) is 0 Å². The number of aromatic amines is 1. The summed E-state index contributed by atoms with van der Waals surface area (Å²) in [7, 11) is 0. The SMILES string of the molecule is c1coc(-c2ncc(OCCNCc3c[nH]c4ccccc34)cc2-c2ccc3cnccc3c2)c1. The number of furan rings is 1. The third-order valence-corrected chi connectivity index (χ3v) is 6.11. The van der Waals surface area contributed by atoms with Gasteiger partial charge in [0, 0.05) is 53.5 Å². The molecule has 0 atom stereocenters. The molecule has 6 aromatic rings. The molecule has 2 aromatic carbocycles. The molecule has 6 heteroatoms. The van der Waals surface area contributed by atoms with Crippen LogP contribution in [0, 0.1) is 0 Å². The number of benzene rings is 2. The second-order valence-electron chi connectivity index (χ2n) is 8.37. The fourth-order valence-corrected chi connectivity index (χ4v) is 4.35. The lowest BCUT2D eigenvalue weighted by Crippen LogP contribution is -2.20. The van der Waals surface area contributed by atoms with Gasteiger partial charge in [0.15, 0.2) is 5.76 Å². The molecule has 6 rings (SSSR count). The average Bonchev–Trinajstić information content (AvgIpc) is 3.59. The van der Waals surface area contributed by atoms with Crippen LogP contribution >= 0.6 is 0 Å². The highest BCUT2D eigenvalue weighted by atomic mass is 16.5. The molecule has 0 amide bonds. The topological polar surface area (TPSA) is 76.0 Å². The van der Waals surface area contributed by atoms with Gasteiger partial charge >= 0.3 is 0 Å². The minimum absolute atomic E-state index is 0.535. The molecule has 35 heavy (non-hydrogen) atoms. The molecular weight excluding hydrogens is 436 g/mol. The third kappa shape index (κ3) is 4.39. The molecule has 4 heterocycles. The summed E-state index contributed by atoms with van der Waals surface area (Å²) in [5.74, 6) is 1.45. The van der Waals surface area contributed by atoms with Crippen molar-refractivity contribution in [1.82, 2.24) is 20.3 Å². The lowest BCUT2D eigenvalue weighted by molar-refractivity contribution is 0.313. The van der Waals surface area contributed by atoms with Crippen molar-refractivity contribution in [2.45, 2.75) is 6.54 Å². The standard InChI is InChI=1S/C29H24N4O2/c1-2-5-27-25(4-1)23(18-32-27)17-31-11-13-34-24-15-26(29(33-19-24)28-6-3-12-35-28)21-7-8-22-16-30-10-9-20(22)14-21/h1-10,12,14-16,18-19,31-32H,11,13,17H2. The summed E-state index contributed by atoms with van der Waals surface area (Å²) in [6.45, 7) is 2.03. The van der Waals surface area contributed by atoms with Crippen molar-refractivity contribution in [3.63, 3.8) is 0 Å². The Morgan fingerprint density at radius 1 is 0.943 bits per heavy atom. The Hall–Kier alpha value is -4.42. The lowest BCUT2D eigenvalue weighted by Gasteiger charge is -2.12. The Labute approximate surface area is 202 Å². The van der Waals surface area contributed by atoms with Crippen LogP contribution in [0.25, 0.3) is 44.3 Å². The van der Waals surface area contributed by atoms with Gasteiger partial charge in [0.1, 0.15) is 18.1 Å². The van der Waals surface area contributed by atoms with Gasteiger partial charge in [0.25, 0.3) is 0 Å². The highest BCUT2D eigenvalue weighted by molar-refractivity contribution is 5.89. The van der Waals surface area contributed by atoms with E-state index in [1.54, 1.807) is 18.7 Å². The minimum Gasteiger partial charge on any atom is -0.491 e. The largest absolute Gasteiger partial charge is 0.491 e. The number of rotatable bonds is 8. The van der Waals surface area contributed by atoms with E-state index < -0.39 is 0 Å². The normalized spacial score (nSPS) is 11.3. The molecule has 6 nitrogen and oxygen atoms in total. The van der Waals surface area contributed by atoms with Crippen LogP contribution in [0.2, 0.25) is 0 Å². The Morgan fingerprint density at radius 2 is 1.91 bits per heavy atom. The van der Waals surface area contributed by atoms with E-state index in [9.17, 15) is 0 Å². The highest BCUT2D eigenvalue weighted by Crippen LogP contribution is 2.34. The molecule has 0 saturated heterocycles. The van der Waals surface area contributed by atoms with E-state index in [1.165, 1.54) is 10.9 Å². The van der Waals surface area contributed by atoms with Crippen LogP contribution in [-0.4, -0.2) is 28.1 Å². The average molecular weight is 461 g/mol. The number of ether oxygens (including phenoxy) is 1. The Kier molecular flexibility index (Phi) is 5.70. The van der Waals surface area contributed by atoms with Crippen LogP contribution in [0.1, 0.15) is 5.56 Å². The predicted molar refractivity (Wildman–Crippen MR) is 138 cm³/mol. The summed E-state index contributed by atoms with van der Waals surface area (Å²) in [5, 5.41) is 6.92. The van der Waals surface area contributed by atoms with E-state index in [-0.39, 0.29) is 0 Å². The van der Waals surface area contributed by atoms with E-state index in [0.717, 1.165) is 57.7 Å². The number of fused-ring (bicyclic) bond motifs is 2. The Morgan fingerprint density at radius 3 is 2.86 bits per heavy atom. The maximum Gasteiger partial charge on any atom is 0.152 e. The Bertz CT molecular complexity index is 1590. The molecule has 0 unspecified atom stereocenters. The van der Waals surface area contributed by atoms with Crippen LogP contribution in [0.3, 0.4) is 0 Å². The van der Waals surface area contributed by atoms with Crippen molar-refractivity contribution in [2.75, 3.05) is 13.2 Å². The van der Waals surface area contributed by atoms with Crippen LogP contribution in [-0.2, 0) is 6.54 Å². The first-order valence-electron chi connectivity index (χ1n) is 11.6. The number of nitrogens with zero attached hydrogens (tertiary/aromatic N) is 2. The number of aromatic nitrogens is 3. The maximum atomic E-state index is 6.06. The van der Waals surface area contributed by atoms with Gasteiger partial charge in [0.2, 0.25) is 0 Å². The minimum atomic E-state index is 0.535. The first kappa shape index (κ1) is 21.1. The molecule has 0 saturated carbocycles. The van der Waals surface area contributed by atoms with E-state index >= 15 is 0 Å². The molecule has 4 aromatic heterocycles. The second-order valence-corrected chi connectivity index (χ2v) is 8.37. The van der Waals surface area contributed by atoms with Crippen molar-refractivity contribution in [1.29, 1.82) is 0 Å². The molecule has 0 aliphatic carbocycles. The molecule has 2 N–H and O–H groups in total. The molecule has 0 fully saturated rings. The zero-order chi connectivity index (χ0) is 23.5. The first-order chi connectivity index (χ1) is 17.3. The van der Waals surface area contributed by atoms with Gasteiger partial charge in [-0.05, 0) is 52.9 Å². The molecule has 0 aliphatic rings. The van der Waals surface area contributed by atoms with Gasteiger partial charge in [-0.2, -0.15) is 0 Å². The Balaban J connectivity index is 1.18. The van der Waals surface area contributed by atoms with Gasteiger partial charge in [-0.15, -0.1) is 0 Å². The molecular formula is C29H24N4O2. The quantitative estimate of drug-likeness (QED) is 0.264. The number of pyridine rings is 2. The molecule has 0 radical (unpaired) electrons. The van der Waals surface area contributed by atoms with Crippen LogP contribution in [0.5, 0.6) is 5.75 Å². The van der Waals surface area contributed by atoms with Crippen molar-refractivity contribution in [3.8, 4) is 28.3 Å². The van der Waals surface area contributed by atoms with Gasteiger partial charge in [-0.25, -0.2) is 4.98 Å². The number of nitrogens with one attached hydrogen (secondary N) is 2. The van der Waals surface area contributed by atoms with Gasteiger partial charge in [0.05, 0.1) is 12.5 Å². The van der Waals surface area contributed by atoms with Crippen LogP contribution in [0.15, 0.2) is 102 Å². The van der Waals surface area contributed by atoms with E-state index in [2.05, 4.69) is 57.9 Å². The predicted octanol–water partition coefficient (Wildman–Crippen LogP) is 6.21. The summed E-state index contributed by atoms with van der Waals surface area (Å²) >= 11 is 0. The monoisotopic (exact) mass is 460 g/mol. The zero-order valence-corrected chi connectivity index (χ0v) is 19.1. The third-order valence-electron chi connectivity index (χ3n) is 6.11. The number of para-hydroxylation sites is 1. The molecule has 0 aliphatic heterocycles. The summed E-state index contributed by atoms with van der Waals surface area (Å²) in [6, 6.07) is 22.5. The number of hydrogen-bond acceptors (Lipinski definition) is 5. The van der Waals surface area contributed by atoms with Gasteiger partial charge in [-0.1, -0.05) is 30.3 Å². The smallest absolute Gasteiger partial charge is 0.152 e. The van der Waals surface area contributed by atoms with Crippen molar-refractivity contribution < 1.29 is 9.15 Å². The number of H-pyrrole nitrogens is 1. The van der Waals surface area contributed by atoms with Crippen molar-refractivity contribution >= 4 is 21.7 Å². The van der Waals surface area contributed by atoms with E-state index in [4.69, 9.17) is 14.1 Å². The molecule has 0 spiro atoms. The maximum absolute atomic E-state index is 6.06. The first-order valence-corrected chi connectivity index (χ1v) is 11.6. The fraction of sp³-hybridized carbons (Fsp3) is 0.103.